The Morgan fingerprint density at radius 1 is 1.50 bits per heavy atom. The van der Waals surface area contributed by atoms with E-state index >= 15 is 0 Å². The lowest BCUT2D eigenvalue weighted by atomic mass is 9.67. The number of carboxylic acids is 1. The molecule has 1 spiro atoms. The van der Waals surface area contributed by atoms with Gasteiger partial charge in [-0.05, 0) is 24.7 Å². The quantitative estimate of drug-likeness (QED) is 0.778. The molecule has 1 heterocycles. The zero-order valence-electron chi connectivity index (χ0n) is 10.4. The van der Waals surface area contributed by atoms with Crippen molar-refractivity contribution in [2.45, 2.75) is 38.1 Å². The van der Waals surface area contributed by atoms with Gasteiger partial charge in [0, 0.05) is 12.6 Å². The number of nitrogens with zero attached hydrogens (tertiary/aromatic N) is 1. The van der Waals surface area contributed by atoms with Crippen LogP contribution in [0.2, 0.25) is 0 Å². The van der Waals surface area contributed by atoms with Crippen LogP contribution in [0.15, 0.2) is 12.7 Å². The first-order chi connectivity index (χ1) is 8.56. The Morgan fingerprint density at radius 2 is 2.22 bits per heavy atom. The topological polar surface area (TPSA) is 66.8 Å². The van der Waals surface area contributed by atoms with Gasteiger partial charge in [-0.3, -0.25) is 4.79 Å². The van der Waals surface area contributed by atoms with Crippen LogP contribution in [-0.4, -0.2) is 41.3 Å². The predicted molar refractivity (Wildman–Crippen MR) is 65.2 cm³/mol. The zero-order chi connectivity index (χ0) is 13.2. The van der Waals surface area contributed by atoms with Gasteiger partial charge in [0.2, 0.25) is 0 Å². The highest BCUT2D eigenvalue weighted by Gasteiger charge is 2.49. The largest absolute Gasteiger partial charge is 0.481 e. The number of hydrogen-bond acceptors (Lipinski definition) is 3. The molecule has 100 valence electrons. The van der Waals surface area contributed by atoms with Crippen LogP contribution >= 0.6 is 0 Å². The van der Waals surface area contributed by atoms with Gasteiger partial charge in [-0.25, -0.2) is 4.79 Å². The fraction of sp³-hybridized carbons (Fsp3) is 0.692. The first-order valence-corrected chi connectivity index (χ1v) is 6.32. The second kappa shape index (κ2) is 5.00. The van der Waals surface area contributed by atoms with Crippen LogP contribution < -0.4 is 0 Å². The Hall–Kier alpha value is -1.52. The van der Waals surface area contributed by atoms with Crippen LogP contribution in [0.25, 0.3) is 0 Å². The van der Waals surface area contributed by atoms with Crippen molar-refractivity contribution in [3.8, 4) is 0 Å². The predicted octanol–water partition coefficient (Wildman–Crippen LogP) is 2.03. The van der Waals surface area contributed by atoms with Gasteiger partial charge in [0.05, 0.1) is 6.42 Å². The standard InChI is InChI=1S/C13H19NO4/c1-2-6-18-12(17)14-9-13(4-3-5-13)8-10(14)7-11(15)16/h2,10H,1,3-9H2,(H,15,16). The highest BCUT2D eigenvalue weighted by atomic mass is 16.6. The highest BCUT2D eigenvalue weighted by molar-refractivity contribution is 5.72. The summed E-state index contributed by atoms with van der Waals surface area (Å²) in [5.74, 6) is -0.863. The molecule has 0 bridgehead atoms. The molecule has 5 nitrogen and oxygen atoms in total. The summed E-state index contributed by atoms with van der Waals surface area (Å²) in [4.78, 5) is 24.3. The van der Waals surface area contributed by atoms with Crippen LogP contribution in [0.3, 0.4) is 0 Å². The van der Waals surface area contributed by atoms with Gasteiger partial charge in [0.15, 0.2) is 0 Å². The number of amides is 1. The molecule has 1 unspecified atom stereocenters. The molecule has 1 saturated carbocycles. The SMILES string of the molecule is C=CCOC(=O)N1CC2(CCC2)CC1CC(=O)O. The molecule has 18 heavy (non-hydrogen) atoms. The van der Waals surface area contributed by atoms with E-state index in [1.807, 2.05) is 0 Å². The molecule has 1 aliphatic carbocycles. The smallest absolute Gasteiger partial charge is 0.410 e. The van der Waals surface area contributed by atoms with Crippen LogP contribution in [0.4, 0.5) is 4.79 Å². The van der Waals surface area contributed by atoms with Crippen LogP contribution in [0, 0.1) is 5.41 Å². The Morgan fingerprint density at radius 3 is 2.72 bits per heavy atom. The fourth-order valence-corrected chi connectivity index (χ4v) is 3.01. The third-order valence-electron chi connectivity index (χ3n) is 4.00. The zero-order valence-corrected chi connectivity index (χ0v) is 10.4. The molecule has 0 aromatic rings. The van der Waals surface area contributed by atoms with Crippen molar-refractivity contribution in [3.05, 3.63) is 12.7 Å². The van der Waals surface area contributed by atoms with Crippen LogP contribution in [-0.2, 0) is 9.53 Å². The molecule has 1 amide bonds. The lowest BCUT2D eigenvalue weighted by molar-refractivity contribution is -0.138. The minimum absolute atomic E-state index is 0.00490. The number of carbonyl (C=O) groups is 2. The molecule has 0 aromatic carbocycles. The first-order valence-electron chi connectivity index (χ1n) is 6.32. The highest BCUT2D eigenvalue weighted by Crippen LogP contribution is 2.50. The number of hydrogen-bond donors (Lipinski definition) is 1. The molecule has 0 radical (unpaired) electrons. The van der Waals surface area contributed by atoms with Crippen molar-refractivity contribution in [2.75, 3.05) is 13.2 Å². The molecule has 1 atom stereocenters. The molecule has 0 aromatic heterocycles. The molecule has 1 saturated heterocycles. The van der Waals surface area contributed by atoms with E-state index in [0.29, 0.717) is 6.54 Å². The summed E-state index contributed by atoms with van der Waals surface area (Å²) in [6, 6.07) is -0.222. The lowest BCUT2D eigenvalue weighted by Gasteiger charge is -2.37. The van der Waals surface area contributed by atoms with Crippen molar-refractivity contribution in [1.29, 1.82) is 0 Å². The van der Waals surface area contributed by atoms with E-state index < -0.39 is 12.1 Å². The van der Waals surface area contributed by atoms with Crippen molar-refractivity contribution in [2.24, 2.45) is 5.41 Å². The van der Waals surface area contributed by atoms with Gasteiger partial charge in [-0.15, -0.1) is 0 Å². The van der Waals surface area contributed by atoms with E-state index in [-0.39, 0.29) is 24.5 Å². The average Bonchev–Trinajstić information content (AvgIpc) is 2.64. The van der Waals surface area contributed by atoms with Crippen molar-refractivity contribution in [3.63, 3.8) is 0 Å². The van der Waals surface area contributed by atoms with Crippen molar-refractivity contribution in [1.82, 2.24) is 4.90 Å². The Balaban J connectivity index is 2.02. The minimum atomic E-state index is -0.863. The number of aliphatic carboxylic acids is 1. The van der Waals surface area contributed by atoms with Crippen molar-refractivity contribution >= 4 is 12.1 Å². The molecule has 2 aliphatic rings. The van der Waals surface area contributed by atoms with Gasteiger partial charge >= 0.3 is 12.1 Å². The van der Waals surface area contributed by atoms with Gasteiger partial charge in [0.25, 0.3) is 0 Å². The summed E-state index contributed by atoms with van der Waals surface area (Å²) < 4.78 is 5.02. The maximum absolute atomic E-state index is 11.9. The van der Waals surface area contributed by atoms with E-state index in [4.69, 9.17) is 9.84 Å². The van der Waals surface area contributed by atoms with Crippen molar-refractivity contribution < 1.29 is 19.4 Å². The monoisotopic (exact) mass is 253 g/mol. The number of ether oxygens (including phenoxy) is 1. The molecular weight excluding hydrogens is 234 g/mol. The summed E-state index contributed by atoms with van der Waals surface area (Å²) in [6.45, 7) is 4.30. The van der Waals surface area contributed by atoms with E-state index in [2.05, 4.69) is 6.58 Å². The maximum Gasteiger partial charge on any atom is 0.410 e. The van der Waals surface area contributed by atoms with E-state index in [0.717, 1.165) is 19.3 Å². The second-order valence-electron chi connectivity index (χ2n) is 5.30. The number of likely N-dealkylation sites (tertiary alicyclic amines) is 1. The number of carboxylic acid groups (broad SMARTS) is 1. The lowest BCUT2D eigenvalue weighted by Crippen LogP contribution is -2.39. The number of rotatable bonds is 4. The van der Waals surface area contributed by atoms with Crippen LogP contribution in [0.5, 0.6) is 0 Å². The van der Waals surface area contributed by atoms with Gasteiger partial charge in [-0.1, -0.05) is 19.1 Å². The molecular formula is C13H19NO4. The minimum Gasteiger partial charge on any atom is -0.481 e. The normalized spacial score (nSPS) is 24.7. The Kier molecular flexibility index (Phi) is 3.59. The molecule has 5 heteroatoms. The Bertz CT molecular complexity index is 362. The summed E-state index contributed by atoms with van der Waals surface area (Å²) in [5.41, 5.74) is 0.160. The molecule has 1 aliphatic heterocycles. The molecule has 1 N–H and O–H groups in total. The van der Waals surface area contributed by atoms with E-state index in [1.54, 1.807) is 4.90 Å². The summed E-state index contributed by atoms with van der Waals surface area (Å²) in [7, 11) is 0. The van der Waals surface area contributed by atoms with E-state index in [9.17, 15) is 9.59 Å². The van der Waals surface area contributed by atoms with Crippen LogP contribution in [0.1, 0.15) is 32.1 Å². The summed E-state index contributed by atoms with van der Waals surface area (Å²) in [5, 5.41) is 8.92. The third-order valence-corrected chi connectivity index (χ3v) is 4.00. The fourth-order valence-electron chi connectivity index (χ4n) is 3.01. The third kappa shape index (κ3) is 2.49. The average molecular weight is 253 g/mol. The van der Waals surface area contributed by atoms with E-state index in [1.165, 1.54) is 12.5 Å². The molecule has 2 fully saturated rings. The first kappa shape index (κ1) is 12.9. The van der Waals surface area contributed by atoms with Gasteiger partial charge in [0.1, 0.15) is 6.61 Å². The van der Waals surface area contributed by atoms with Gasteiger partial charge < -0.3 is 14.7 Å². The Labute approximate surface area is 106 Å². The maximum atomic E-state index is 11.9. The summed E-state index contributed by atoms with van der Waals surface area (Å²) in [6.07, 6.45) is 5.26. The number of carbonyl (C=O) groups excluding carboxylic acids is 1. The summed E-state index contributed by atoms with van der Waals surface area (Å²) >= 11 is 0. The van der Waals surface area contributed by atoms with Gasteiger partial charge in [-0.2, -0.15) is 0 Å². The second-order valence-corrected chi connectivity index (χ2v) is 5.30. The molecule has 2 rings (SSSR count).